The lowest BCUT2D eigenvalue weighted by atomic mass is 10.1. The maximum absolute atomic E-state index is 12.1. The van der Waals surface area contributed by atoms with E-state index in [2.05, 4.69) is 15.0 Å². The van der Waals surface area contributed by atoms with Crippen molar-refractivity contribution in [3.8, 4) is 0 Å². The zero-order chi connectivity index (χ0) is 14.8. The molecule has 0 bridgehead atoms. The van der Waals surface area contributed by atoms with Gasteiger partial charge in [0.1, 0.15) is 0 Å². The molecule has 0 fully saturated rings. The van der Waals surface area contributed by atoms with Gasteiger partial charge in [0, 0.05) is 17.1 Å². The van der Waals surface area contributed by atoms with Crippen LogP contribution in [0.4, 0.5) is 5.13 Å². The van der Waals surface area contributed by atoms with Gasteiger partial charge in [-0.15, -0.1) is 11.3 Å². The molecule has 2 N–H and O–H groups in total. The molecular formula is C12H13N3O3S2. The number of rotatable bonds is 4. The minimum Gasteiger partial charge on any atom is -0.298 e. The van der Waals surface area contributed by atoms with Crippen LogP contribution in [-0.4, -0.2) is 26.4 Å². The van der Waals surface area contributed by atoms with Crippen molar-refractivity contribution in [1.82, 2.24) is 9.71 Å². The number of anilines is 1. The lowest BCUT2D eigenvalue weighted by molar-refractivity contribution is 0.102. The van der Waals surface area contributed by atoms with Gasteiger partial charge in [0.25, 0.3) is 5.91 Å². The average Bonchev–Trinajstić information content (AvgIpc) is 2.91. The van der Waals surface area contributed by atoms with E-state index in [0.29, 0.717) is 16.3 Å². The molecule has 20 heavy (non-hydrogen) atoms. The van der Waals surface area contributed by atoms with E-state index in [1.165, 1.54) is 30.5 Å². The highest BCUT2D eigenvalue weighted by atomic mass is 32.2. The van der Waals surface area contributed by atoms with Crippen molar-refractivity contribution in [2.24, 2.45) is 0 Å². The van der Waals surface area contributed by atoms with Crippen LogP contribution in [-0.2, 0) is 10.0 Å². The summed E-state index contributed by atoms with van der Waals surface area (Å²) in [5, 5.41) is 4.84. The van der Waals surface area contributed by atoms with E-state index < -0.39 is 10.0 Å². The Morgan fingerprint density at radius 1 is 1.35 bits per heavy atom. The van der Waals surface area contributed by atoms with Crippen molar-refractivity contribution in [2.75, 3.05) is 12.4 Å². The van der Waals surface area contributed by atoms with Crippen molar-refractivity contribution < 1.29 is 13.2 Å². The van der Waals surface area contributed by atoms with E-state index >= 15 is 0 Å². The lowest BCUT2D eigenvalue weighted by Gasteiger charge is -2.08. The summed E-state index contributed by atoms with van der Waals surface area (Å²) in [6.07, 6.45) is 1.58. The van der Waals surface area contributed by atoms with E-state index in [1.54, 1.807) is 24.6 Å². The Morgan fingerprint density at radius 3 is 2.70 bits per heavy atom. The fourth-order valence-corrected chi connectivity index (χ4v) is 2.86. The Hall–Kier alpha value is -1.77. The van der Waals surface area contributed by atoms with Crippen molar-refractivity contribution in [1.29, 1.82) is 0 Å². The molecule has 2 rings (SSSR count). The maximum atomic E-state index is 12.1. The predicted molar refractivity (Wildman–Crippen MR) is 77.5 cm³/mol. The first-order valence-electron chi connectivity index (χ1n) is 5.69. The Kier molecular flexibility index (Phi) is 4.17. The van der Waals surface area contributed by atoms with E-state index in [-0.39, 0.29) is 10.8 Å². The van der Waals surface area contributed by atoms with Crippen LogP contribution >= 0.6 is 11.3 Å². The largest absolute Gasteiger partial charge is 0.298 e. The quantitative estimate of drug-likeness (QED) is 0.898. The minimum absolute atomic E-state index is 0.0508. The van der Waals surface area contributed by atoms with Crippen molar-refractivity contribution in [3.05, 3.63) is 40.9 Å². The Morgan fingerprint density at radius 2 is 2.10 bits per heavy atom. The van der Waals surface area contributed by atoms with Crippen LogP contribution in [0.25, 0.3) is 0 Å². The molecule has 1 amide bonds. The van der Waals surface area contributed by atoms with Gasteiger partial charge in [-0.1, -0.05) is 6.07 Å². The molecule has 1 heterocycles. The van der Waals surface area contributed by atoms with Crippen LogP contribution in [0.1, 0.15) is 15.9 Å². The van der Waals surface area contributed by atoms with Crippen molar-refractivity contribution in [3.63, 3.8) is 0 Å². The minimum atomic E-state index is -3.58. The van der Waals surface area contributed by atoms with E-state index in [1.807, 2.05) is 0 Å². The number of carbonyl (C=O) groups excluding carboxylic acids is 1. The van der Waals surface area contributed by atoms with Gasteiger partial charge in [-0.2, -0.15) is 0 Å². The lowest BCUT2D eigenvalue weighted by Crippen LogP contribution is -2.20. The van der Waals surface area contributed by atoms with E-state index in [9.17, 15) is 13.2 Å². The predicted octanol–water partition coefficient (Wildman–Crippen LogP) is 1.61. The number of amides is 1. The Bertz CT molecular complexity index is 724. The van der Waals surface area contributed by atoms with Crippen LogP contribution in [0.2, 0.25) is 0 Å². The second-order valence-electron chi connectivity index (χ2n) is 3.98. The summed E-state index contributed by atoms with van der Waals surface area (Å²) < 4.78 is 25.7. The maximum Gasteiger partial charge on any atom is 0.257 e. The SMILES string of the molecule is CNS(=O)(=O)c1ccc(C)c(C(=O)Nc2nccs2)c1. The summed E-state index contributed by atoms with van der Waals surface area (Å²) >= 11 is 1.29. The van der Waals surface area contributed by atoms with Gasteiger partial charge in [-0.3, -0.25) is 10.1 Å². The number of nitrogens with one attached hydrogen (secondary N) is 2. The summed E-state index contributed by atoms with van der Waals surface area (Å²) in [7, 11) is -2.25. The molecule has 0 aliphatic rings. The topological polar surface area (TPSA) is 88.2 Å². The molecular weight excluding hydrogens is 298 g/mol. The van der Waals surface area contributed by atoms with Gasteiger partial charge in [-0.25, -0.2) is 18.1 Å². The normalized spacial score (nSPS) is 11.3. The number of sulfonamides is 1. The first kappa shape index (κ1) is 14.6. The van der Waals surface area contributed by atoms with E-state index in [0.717, 1.165) is 0 Å². The molecule has 0 atom stereocenters. The van der Waals surface area contributed by atoms with Crippen LogP contribution in [0.15, 0.2) is 34.7 Å². The summed E-state index contributed by atoms with van der Waals surface area (Å²) in [6.45, 7) is 1.74. The standard InChI is InChI=1S/C12H13N3O3S2/c1-8-3-4-9(20(17,18)13-2)7-10(8)11(16)15-12-14-5-6-19-12/h3-7,13H,1-2H3,(H,14,15,16). The summed E-state index contributed by atoms with van der Waals surface area (Å²) in [4.78, 5) is 16.1. The Balaban J connectivity index is 2.36. The van der Waals surface area contributed by atoms with Gasteiger partial charge in [0.05, 0.1) is 4.90 Å². The number of aromatic nitrogens is 1. The second kappa shape index (κ2) is 5.70. The molecule has 0 saturated heterocycles. The van der Waals surface area contributed by atoms with Crippen molar-refractivity contribution >= 4 is 32.4 Å². The highest BCUT2D eigenvalue weighted by Gasteiger charge is 2.17. The molecule has 0 aliphatic carbocycles. The molecule has 0 aliphatic heterocycles. The van der Waals surface area contributed by atoms with E-state index in [4.69, 9.17) is 0 Å². The molecule has 1 aromatic carbocycles. The summed E-state index contributed by atoms with van der Waals surface area (Å²) in [5.41, 5.74) is 0.991. The number of carbonyl (C=O) groups is 1. The number of hydrogen-bond donors (Lipinski definition) is 2. The summed E-state index contributed by atoms with van der Waals surface area (Å²) in [6, 6.07) is 4.41. The van der Waals surface area contributed by atoms with Gasteiger partial charge in [0.2, 0.25) is 10.0 Å². The number of benzene rings is 1. The van der Waals surface area contributed by atoms with Gasteiger partial charge >= 0.3 is 0 Å². The summed E-state index contributed by atoms with van der Waals surface area (Å²) in [5.74, 6) is -0.384. The Labute approximate surface area is 120 Å². The third kappa shape index (κ3) is 3.03. The number of nitrogens with zero attached hydrogens (tertiary/aromatic N) is 1. The first-order valence-corrected chi connectivity index (χ1v) is 8.05. The van der Waals surface area contributed by atoms with Gasteiger partial charge in [0.15, 0.2) is 5.13 Å². The number of aryl methyl sites for hydroxylation is 1. The number of thiazole rings is 1. The van der Waals surface area contributed by atoms with Crippen LogP contribution in [0, 0.1) is 6.92 Å². The zero-order valence-corrected chi connectivity index (χ0v) is 12.5. The molecule has 0 saturated carbocycles. The molecule has 0 unspecified atom stereocenters. The average molecular weight is 311 g/mol. The fraction of sp³-hybridized carbons (Fsp3) is 0.167. The smallest absolute Gasteiger partial charge is 0.257 e. The van der Waals surface area contributed by atoms with Crippen LogP contribution in [0.5, 0.6) is 0 Å². The second-order valence-corrected chi connectivity index (χ2v) is 6.76. The molecule has 0 radical (unpaired) electrons. The van der Waals surface area contributed by atoms with Crippen LogP contribution in [0.3, 0.4) is 0 Å². The molecule has 106 valence electrons. The molecule has 6 nitrogen and oxygen atoms in total. The number of hydrogen-bond acceptors (Lipinski definition) is 5. The molecule has 2 aromatic rings. The van der Waals surface area contributed by atoms with Gasteiger partial charge < -0.3 is 0 Å². The van der Waals surface area contributed by atoms with Crippen molar-refractivity contribution in [2.45, 2.75) is 11.8 Å². The third-order valence-electron chi connectivity index (χ3n) is 2.69. The van der Waals surface area contributed by atoms with Gasteiger partial charge in [-0.05, 0) is 31.7 Å². The highest BCUT2D eigenvalue weighted by molar-refractivity contribution is 7.89. The highest BCUT2D eigenvalue weighted by Crippen LogP contribution is 2.18. The molecule has 1 aromatic heterocycles. The zero-order valence-electron chi connectivity index (χ0n) is 10.9. The molecule has 0 spiro atoms. The fourth-order valence-electron chi connectivity index (χ4n) is 1.58. The van der Waals surface area contributed by atoms with Crippen LogP contribution < -0.4 is 10.0 Å². The monoisotopic (exact) mass is 311 g/mol. The first-order chi connectivity index (χ1) is 9.44. The third-order valence-corrected chi connectivity index (χ3v) is 4.79. The molecule has 8 heteroatoms.